The zero-order valence-electron chi connectivity index (χ0n) is 11.0. The lowest BCUT2D eigenvalue weighted by Gasteiger charge is -2.28. The molecule has 2 aromatic rings. The normalized spacial score (nSPS) is 19.6. The van der Waals surface area contributed by atoms with Gasteiger partial charge < -0.3 is 4.74 Å². The van der Waals surface area contributed by atoms with Crippen LogP contribution in [0.4, 0.5) is 0 Å². The van der Waals surface area contributed by atoms with Crippen molar-refractivity contribution in [2.75, 3.05) is 0 Å². The number of rotatable bonds is 0. The van der Waals surface area contributed by atoms with Gasteiger partial charge in [-0.3, -0.25) is 0 Å². The van der Waals surface area contributed by atoms with E-state index in [1.807, 2.05) is 12.1 Å². The van der Waals surface area contributed by atoms with Crippen LogP contribution in [0.5, 0.6) is 5.75 Å². The molecule has 1 aliphatic carbocycles. The van der Waals surface area contributed by atoms with Crippen molar-refractivity contribution in [2.45, 2.75) is 30.7 Å². The van der Waals surface area contributed by atoms with Gasteiger partial charge in [-0.2, -0.15) is 0 Å². The van der Waals surface area contributed by atoms with Gasteiger partial charge in [0.05, 0.1) is 0 Å². The molecule has 0 fully saturated rings. The summed E-state index contributed by atoms with van der Waals surface area (Å²) >= 11 is 9.81. The molecule has 1 aliphatic heterocycles. The van der Waals surface area contributed by atoms with Gasteiger partial charge in [0.15, 0.2) is 0 Å². The third kappa shape index (κ3) is 1.97. The fourth-order valence-electron chi connectivity index (χ4n) is 3.25. The van der Waals surface area contributed by atoms with Crippen LogP contribution in [-0.4, -0.2) is 4.83 Å². The second-order valence-electron chi connectivity index (χ2n) is 5.51. The summed E-state index contributed by atoms with van der Waals surface area (Å²) in [4.78, 5) is 0.600. The summed E-state index contributed by atoms with van der Waals surface area (Å²) in [5, 5.41) is 0.774. The predicted octanol–water partition coefficient (Wildman–Crippen LogP) is 5.15. The second-order valence-corrected chi connectivity index (χ2v) is 7.24. The summed E-state index contributed by atoms with van der Waals surface area (Å²) in [7, 11) is 0. The minimum atomic E-state index is 0.600. The lowest BCUT2D eigenvalue weighted by atomic mass is 9.86. The lowest BCUT2D eigenvalue weighted by molar-refractivity contribution is 0.297. The highest BCUT2D eigenvalue weighted by molar-refractivity contribution is 9.09. The highest BCUT2D eigenvalue weighted by atomic mass is 79.9. The monoisotopic (exact) mass is 348 g/mol. The topological polar surface area (TPSA) is 9.23 Å². The molecule has 1 heterocycles. The quantitative estimate of drug-likeness (QED) is 0.598. The van der Waals surface area contributed by atoms with Crippen LogP contribution in [0.25, 0.3) is 11.1 Å². The largest absolute Gasteiger partial charge is 0.488 e. The van der Waals surface area contributed by atoms with Gasteiger partial charge >= 0.3 is 0 Å². The van der Waals surface area contributed by atoms with Crippen LogP contribution >= 0.6 is 27.5 Å². The van der Waals surface area contributed by atoms with Crippen LogP contribution < -0.4 is 4.74 Å². The van der Waals surface area contributed by atoms with E-state index in [0.717, 1.165) is 23.6 Å². The van der Waals surface area contributed by atoms with Gasteiger partial charge in [-0.1, -0.05) is 45.7 Å². The predicted molar refractivity (Wildman–Crippen MR) is 86.0 cm³/mol. The summed E-state index contributed by atoms with van der Waals surface area (Å²) in [6, 6.07) is 10.5. The Labute approximate surface area is 132 Å². The number of ether oxygens (including phenoxy) is 1. The summed E-state index contributed by atoms with van der Waals surface area (Å²) in [5.41, 5.74) is 6.49. The van der Waals surface area contributed by atoms with Gasteiger partial charge in [-0.15, -0.1) is 0 Å². The van der Waals surface area contributed by atoms with Crippen molar-refractivity contribution >= 4 is 27.5 Å². The van der Waals surface area contributed by atoms with E-state index in [4.69, 9.17) is 16.3 Å². The van der Waals surface area contributed by atoms with E-state index >= 15 is 0 Å². The highest BCUT2D eigenvalue weighted by Crippen LogP contribution is 2.44. The molecule has 0 saturated heterocycles. The molecule has 0 spiro atoms. The average molecular weight is 350 g/mol. The van der Waals surface area contributed by atoms with Crippen LogP contribution in [0, 0.1) is 0 Å². The Bertz CT molecular complexity index is 696. The van der Waals surface area contributed by atoms with Gasteiger partial charge in [0.25, 0.3) is 0 Å². The highest BCUT2D eigenvalue weighted by Gasteiger charge is 2.25. The third-order valence-corrected chi connectivity index (χ3v) is 5.25. The molecule has 1 unspecified atom stereocenters. The molecule has 2 aliphatic rings. The van der Waals surface area contributed by atoms with Crippen molar-refractivity contribution in [3.63, 3.8) is 0 Å². The average Bonchev–Trinajstić information content (AvgIpc) is 2.45. The Kier molecular flexibility index (Phi) is 3.04. The first kappa shape index (κ1) is 12.7. The van der Waals surface area contributed by atoms with E-state index in [0.29, 0.717) is 11.4 Å². The molecule has 2 aromatic carbocycles. The first-order valence-corrected chi connectivity index (χ1v) is 8.22. The Morgan fingerprint density at radius 2 is 1.95 bits per heavy atom. The molecule has 0 amide bonds. The van der Waals surface area contributed by atoms with Crippen molar-refractivity contribution in [3.05, 3.63) is 52.0 Å². The Balaban J connectivity index is 1.89. The number of fused-ring (bicyclic) bond motifs is 5. The van der Waals surface area contributed by atoms with Gasteiger partial charge in [0.1, 0.15) is 12.4 Å². The smallest absolute Gasteiger partial charge is 0.131 e. The van der Waals surface area contributed by atoms with Crippen molar-refractivity contribution in [1.29, 1.82) is 0 Å². The van der Waals surface area contributed by atoms with Gasteiger partial charge in [0.2, 0.25) is 0 Å². The van der Waals surface area contributed by atoms with Crippen LogP contribution in [0.2, 0.25) is 5.02 Å². The number of alkyl halides is 1. The molecular formula is C17H14BrClO. The number of halogens is 2. The molecule has 3 heteroatoms. The van der Waals surface area contributed by atoms with Crippen LogP contribution in [0.3, 0.4) is 0 Å². The number of benzene rings is 2. The first-order chi connectivity index (χ1) is 9.72. The first-order valence-electron chi connectivity index (χ1n) is 6.93. The SMILES string of the molecule is Clc1ccc2c(c1)COc1c-2ccc2c1CCC(Br)C2. The van der Waals surface area contributed by atoms with E-state index in [-0.39, 0.29) is 0 Å². The minimum Gasteiger partial charge on any atom is -0.488 e. The summed E-state index contributed by atoms with van der Waals surface area (Å²) in [6.45, 7) is 0.622. The van der Waals surface area contributed by atoms with E-state index < -0.39 is 0 Å². The zero-order chi connectivity index (χ0) is 13.7. The molecule has 1 nitrogen and oxygen atoms in total. The fraction of sp³-hybridized carbons (Fsp3) is 0.294. The lowest BCUT2D eigenvalue weighted by Crippen LogP contribution is -2.16. The summed E-state index contributed by atoms with van der Waals surface area (Å²) < 4.78 is 6.06. The Morgan fingerprint density at radius 1 is 1.10 bits per heavy atom. The summed E-state index contributed by atoms with van der Waals surface area (Å²) in [6.07, 6.45) is 3.37. The number of hydrogen-bond acceptors (Lipinski definition) is 1. The second kappa shape index (κ2) is 4.78. The van der Waals surface area contributed by atoms with Crippen molar-refractivity contribution < 1.29 is 4.74 Å². The fourth-order valence-corrected chi connectivity index (χ4v) is 4.02. The molecule has 102 valence electrons. The molecule has 0 radical (unpaired) electrons. The Morgan fingerprint density at radius 3 is 2.85 bits per heavy atom. The molecule has 20 heavy (non-hydrogen) atoms. The Hall–Kier alpha value is -0.990. The van der Waals surface area contributed by atoms with Crippen molar-refractivity contribution in [1.82, 2.24) is 0 Å². The van der Waals surface area contributed by atoms with Crippen LogP contribution in [0.15, 0.2) is 30.3 Å². The summed E-state index contributed by atoms with van der Waals surface area (Å²) in [5.74, 6) is 1.09. The van der Waals surface area contributed by atoms with Gasteiger partial charge in [0, 0.05) is 15.4 Å². The maximum absolute atomic E-state index is 6.07. The molecule has 0 saturated carbocycles. The molecule has 4 rings (SSSR count). The molecule has 0 bridgehead atoms. The standard InChI is InChI=1S/C17H14BrClO/c18-12-2-5-15-10(7-12)1-4-16-14-6-3-13(19)8-11(14)9-20-17(15)16/h1,3-4,6,8,12H,2,5,7,9H2. The molecular weight excluding hydrogens is 336 g/mol. The van der Waals surface area contributed by atoms with E-state index in [1.165, 1.54) is 34.2 Å². The van der Waals surface area contributed by atoms with Crippen molar-refractivity contribution in [3.8, 4) is 16.9 Å². The zero-order valence-corrected chi connectivity index (χ0v) is 13.3. The van der Waals surface area contributed by atoms with E-state index in [2.05, 4.69) is 34.1 Å². The van der Waals surface area contributed by atoms with E-state index in [1.54, 1.807) is 0 Å². The van der Waals surface area contributed by atoms with Crippen molar-refractivity contribution in [2.24, 2.45) is 0 Å². The third-order valence-electron chi connectivity index (χ3n) is 4.24. The maximum atomic E-state index is 6.07. The van der Waals surface area contributed by atoms with E-state index in [9.17, 15) is 0 Å². The van der Waals surface area contributed by atoms with Gasteiger partial charge in [-0.25, -0.2) is 0 Å². The van der Waals surface area contributed by atoms with Crippen LogP contribution in [0.1, 0.15) is 23.1 Å². The maximum Gasteiger partial charge on any atom is 0.131 e. The molecule has 0 aromatic heterocycles. The number of hydrogen-bond donors (Lipinski definition) is 0. The molecule has 1 atom stereocenters. The van der Waals surface area contributed by atoms with Crippen LogP contribution in [-0.2, 0) is 19.4 Å². The molecule has 0 N–H and O–H groups in total. The minimum absolute atomic E-state index is 0.600. The van der Waals surface area contributed by atoms with Gasteiger partial charge in [-0.05, 0) is 53.6 Å².